The Morgan fingerprint density at radius 1 is 1.24 bits per heavy atom. The summed E-state index contributed by atoms with van der Waals surface area (Å²) in [7, 11) is 1.51. The van der Waals surface area contributed by atoms with Crippen molar-refractivity contribution in [1.82, 2.24) is 0 Å². The molecule has 0 unspecified atom stereocenters. The topological polar surface area (TPSA) is 78.3 Å². The quantitative estimate of drug-likeness (QED) is 0.474. The summed E-state index contributed by atoms with van der Waals surface area (Å²) in [5.41, 5.74) is -0.138. The standard InChI is InChI=1S/C15H12O6/c1-15-13(21-15)12(20-14(15)17)8-5-7-3-4-11(16)19-9(7)6-10(8)18-2/h3-6,12-13H,1-2H3/t12-,13-,15+/m0/s1. The number of carbonyl (C=O) groups is 1. The third kappa shape index (κ3) is 1.62. The monoisotopic (exact) mass is 288 g/mol. The molecule has 6 nitrogen and oxygen atoms in total. The fraction of sp³-hybridized carbons (Fsp3) is 0.333. The molecule has 2 aliphatic rings. The Morgan fingerprint density at radius 3 is 2.67 bits per heavy atom. The number of fused-ring (bicyclic) bond motifs is 2. The van der Waals surface area contributed by atoms with Gasteiger partial charge in [-0.15, -0.1) is 0 Å². The highest BCUT2D eigenvalue weighted by Gasteiger charge is 2.70. The van der Waals surface area contributed by atoms with Crippen molar-refractivity contribution in [3.63, 3.8) is 0 Å². The SMILES string of the molecule is COc1cc2oc(=O)ccc2cc1[C@@H]1OC(=O)[C@]2(C)O[C@@H]12. The molecule has 2 saturated heterocycles. The molecule has 108 valence electrons. The number of rotatable bonds is 2. The van der Waals surface area contributed by atoms with E-state index in [4.69, 9.17) is 18.6 Å². The number of epoxide rings is 1. The summed E-state index contributed by atoms with van der Waals surface area (Å²) in [6.45, 7) is 1.71. The van der Waals surface area contributed by atoms with Crippen molar-refractivity contribution in [1.29, 1.82) is 0 Å². The summed E-state index contributed by atoms with van der Waals surface area (Å²) < 4.78 is 21.3. The number of ether oxygens (including phenoxy) is 3. The fourth-order valence-electron chi connectivity index (χ4n) is 2.78. The summed E-state index contributed by atoms with van der Waals surface area (Å²) >= 11 is 0. The van der Waals surface area contributed by atoms with Crippen LogP contribution in [-0.4, -0.2) is 24.8 Å². The number of carbonyl (C=O) groups excluding carboxylic acids is 1. The van der Waals surface area contributed by atoms with E-state index in [-0.39, 0.29) is 12.1 Å². The summed E-state index contributed by atoms with van der Waals surface area (Å²) in [5.74, 6) is 0.133. The van der Waals surface area contributed by atoms with Crippen LogP contribution in [0.25, 0.3) is 11.0 Å². The molecule has 0 bridgehead atoms. The second kappa shape index (κ2) is 3.85. The van der Waals surface area contributed by atoms with Crippen LogP contribution in [0.3, 0.4) is 0 Å². The molecular formula is C15H12O6. The average molecular weight is 288 g/mol. The van der Waals surface area contributed by atoms with Gasteiger partial charge in [0.15, 0.2) is 11.7 Å². The van der Waals surface area contributed by atoms with Gasteiger partial charge in [-0.25, -0.2) is 9.59 Å². The number of benzene rings is 1. The molecule has 4 rings (SSSR count). The van der Waals surface area contributed by atoms with Crippen molar-refractivity contribution < 1.29 is 23.4 Å². The highest BCUT2D eigenvalue weighted by Crippen LogP contribution is 2.54. The molecule has 1 aromatic carbocycles. The Morgan fingerprint density at radius 2 is 2.05 bits per heavy atom. The van der Waals surface area contributed by atoms with E-state index in [0.29, 0.717) is 16.9 Å². The Balaban J connectivity index is 1.87. The van der Waals surface area contributed by atoms with E-state index in [9.17, 15) is 9.59 Å². The van der Waals surface area contributed by atoms with Crippen LogP contribution in [0.1, 0.15) is 18.6 Å². The minimum absolute atomic E-state index is 0.299. The van der Waals surface area contributed by atoms with Gasteiger partial charge >= 0.3 is 11.6 Å². The van der Waals surface area contributed by atoms with Gasteiger partial charge in [-0.05, 0) is 19.1 Å². The largest absolute Gasteiger partial charge is 0.496 e. The number of cyclic esters (lactones) is 1. The third-order valence-electron chi connectivity index (χ3n) is 4.05. The van der Waals surface area contributed by atoms with Crippen molar-refractivity contribution in [3.8, 4) is 5.75 Å². The summed E-state index contributed by atoms with van der Waals surface area (Å²) in [5, 5.41) is 0.732. The molecule has 2 aliphatic heterocycles. The molecule has 1 aromatic heterocycles. The fourth-order valence-corrected chi connectivity index (χ4v) is 2.78. The molecule has 0 radical (unpaired) electrons. The third-order valence-corrected chi connectivity index (χ3v) is 4.05. The van der Waals surface area contributed by atoms with E-state index in [1.165, 1.54) is 13.2 Å². The smallest absolute Gasteiger partial charge is 0.341 e. The molecule has 0 spiro atoms. The minimum atomic E-state index is -0.839. The van der Waals surface area contributed by atoms with E-state index in [1.807, 2.05) is 0 Å². The lowest BCUT2D eigenvalue weighted by Crippen LogP contribution is -2.17. The lowest BCUT2D eigenvalue weighted by molar-refractivity contribution is -0.153. The molecule has 2 fully saturated rings. The van der Waals surface area contributed by atoms with Crippen molar-refractivity contribution in [2.45, 2.75) is 24.7 Å². The van der Waals surface area contributed by atoms with E-state index in [0.717, 1.165) is 5.39 Å². The van der Waals surface area contributed by atoms with Gasteiger partial charge in [-0.2, -0.15) is 0 Å². The van der Waals surface area contributed by atoms with E-state index >= 15 is 0 Å². The van der Waals surface area contributed by atoms with Crippen LogP contribution in [0.2, 0.25) is 0 Å². The highest BCUT2D eigenvalue weighted by molar-refractivity contribution is 5.87. The van der Waals surface area contributed by atoms with Crippen LogP contribution in [0, 0.1) is 0 Å². The number of hydrogen-bond acceptors (Lipinski definition) is 6. The molecule has 2 aromatic rings. The van der Waals surface area contributed by atoms with Gasteiger partial charge in [0.25, 0.3) is 0 Å². The summed E-state index contributed by atoms with van der Waals surface area (Å²) in [6, 6.07) is 6.42. The maximum Gasteiger partial charge on any atom is 0.341 e. The van der Waals surface area contributed by atoms with Crippen molar-refractivity contribution in [2.24, 2.45) is 0 Å². The molecular weight excluding hydrogens is 276 g/mol. The second-order valence-corrected chi connectivity index (χ2v) is 5.36. The first kappa shape index (κ1) is 12.4. The first-order valence-electron chi connectivity index (χ1n) is 6.53. The van der Waals surface area contributed by atoms with Gasteiger partial charge in [0.2, 0.25) is 0 Å². The number of hydrogen-bond donors (Lipinski definition) is 0. The highest BCUT2D eigenvalue weighted by atomic mass is 16.7. The summed E-state index contributed by atoms with van der Waals surface area (Å²) in [4.78, 5) is 23.1. The molecule has 0 saturated carbocycles. The normalized spacial score (nSPS) is 30.1. The lowest BCUT2D eigenvalue weighted by atomic mass is 9.99. The van der Waals surface area contributed by atoms with Gasteiger partial charge in [0, 0.05) is 23.1 Å². The van der Waals surface area contributed by atoms with Gasteiger partial charge in [0.1, 0.15) is 17.4 Å². The zero-order valence-corrected chi connectivity index (χ0v) is 11.4. The molecule has 0 aliphatic carbocycles. The first-order valence-corrected chi connectivity index (χ1v) is 6.53. The Labute approximate surface area is 119 Å². The predicted octanol–water partition coefficient (Wildman–Crippen LogP) is 1.56. The summed E-state index contributed by atoms with van der Waals surface area (Å²) in [6.07, 6.45) is -0.805. The molecule has 0 N–H and O–H groups in total. The van der Waals surface area contributed by atoms with Gasteiger partial charge in [-0.3, -0.25) is 0 Å². The first-order chi connectivity index (χ1) is 10.0. The van der Waals surface area contributed by atoms with Crippen molar-refractivity contribution in [3.05, 3.63) is 40.2 Å². The Bertz CT molecular complexity index is 823. The molecule has 21 heavy (non-hydrogen) atoms. The van der Waals surface area contributed by atoms with Gasteiger partial charge in [0.05, 0.1) is 7.11 Å². The average Bonchev–Trinajstić information content (AvgIpc) is 3.09. The van der Waals surface area contributed by atoms with Crippen LogP contribution in [-0.2, 0) is 14.3 Å². The maximum atomic E-state index is 11.8. The van der Waals surface area contributed by atoms with Crippen molar-refractivity contribution in [2.75, 3.05) is 7.11 Å². The zero-order chi connectivity index (χ0) is 14.8. The Hall–Kier alpha value is -2.34. The lowest BCUT2D eigenvalue weighted by Gasteiger charge is -2.16. The van der Waals surface area contributed by atoms with Crippen LogP contribution >= 0.6 is 0 Å². The number of esters is 1. The van der Waals surface area contributed by atoms with Crippen LogP contribution in [0.5, 0.6) is 5.75 Å². The molecule has 3 atom stereocenters. The predicted molar refractivity (Wildman–Crippen MR) is 71.1 cm³/mol. The van der Waals surface area contributed by atoms with Gasteiger partial charge in [-0.1, -0.05) is 0 Å². The van der Waals surface area contributed by atoms with Crippen LogP contribution < -0.4 is 10.4 Å². The zero-order valence-electron chi connectivity index (χ0n) is 11.4. The molecule has 6 heteroatoms. The van der Waals surface area contributed by atoms with Crippen LogP contribution in [0.4, 0.5) is 0 Å². The van der Waals surface area contributed by atoms with Gasteiger partial charge < -0.3 is 18.6 Å². The Kier molecular flexibility index (Phi) is 2.28. The van der Waals surface area contributed by atoms with E-state index < -0.39 is 17.3 Å². The maximum absolute atomic E-state index is 11.8. The van der Waals surface area contributed by atoms with Crippen molar-refractivity contribution >= 4 is 16.9 Å². The van der Waals surface area contributed by atoms with E-state index in [1.54, 1.807) is 25.1 Å². The number of methoxy groups -OCH3 is 1. The molecule has 0 amide bonds. The minimum Gasteiger partial charge on any atom is -0.496 e. The van der Waals surface area contributed by atoms with Crippen LogP contribution in [0.15, 0.2) is 33.5 Å². The second-order valence-electron chi connectivity index (χ2n) is 5.36. The van der Waals surface area contributed by atoms with E-state index in [2.05, 4.69) is 0 Å². The molecule has 3 heterocycles.